The van der Waals surface area contributed by atoms with Crippen LogP contribution in [0.2, 0.25) is 0 Å². The lowest BCUT2D eigenvalue weighted by atomic mass is 10.3. The van der Waals surface area contributed by atoms with E-state index >= 15 is 0 Å². The largest absolute Gasteiger partial charge is 0.340 e. The van der Waals surface area contributed by atoms with Gasteiger partial charge in [0.05, 0.1) is 38.2 Å². The summed E-state index contributed by atoms with van der Waals surface area (Å²) in [7, 11) is -3.45. The summed E-state index contributed by atoms with van der Waals surface area (Å²) in [6.45, 7) is 4.10. The van der Waals surface area contributed by atoms with Crippen LogP contribution in [-0.2, 0) is 18.4 Å². The molecule has 0 fully saturated rings. The molecule has 0 aliphatic carbocycles. The van der Waals surface area contributed by atoms with Gasteiger partial charge in [-0.3, -0.25) is 9.36 Å². The van der Waals surface area contributed by atoms with Gasteiger partial charge in [-0.1, -0.05) is 0 Å². The zero-order chi connectivity index (χ0) is 15.4. The van der Waals surface area contributed by atoms with Crippen LogP contribution in [0.15, 0.2) is 0 Å². The van der Waals surface area contributed by atoms with Crippen molar-refractivity contribution in [1.82, 2.24) is 4.90 Å². The van der Waals surface area contributed by atoms with E-state index in [0.29, 0.717) is 0 Å². The summed E-state index contributed by atoms with van der Waals surface area (Å²) in [5, 5.41) is 17.1. The summed E-state index contributed by atoms with van der Waals surface area (Å²) in [6.07, 6.45) is -0.0545. The average molecular weight is 301 g/mol. The number of carbonyl (C=O) groups excluding carboxylic acids is 1. The summed E-state index contributed by atoms with van der Waals surface area (Å²) in [5.74, 6) is -0.430. The lowest BCUT2D eigenvalue weighted by Crippen LogP contribution is -2.35. The van der Waals surface area contributed by atoms with Gasteiger partial charge in [-0.05, 0) is 13.8 Å². The average Bonchev–Trinajstić information content (AvgIpc) is 2.39. The predicted molar refractivity (Wildman–Crippen MR) is 72.8 cm³/mol. The van der Waals surface area contributed by atoms with Crippen molar-refractivity contribution in [1.29, 1.82) is 10.5 Å². The molecule has 0 radical (unpaired) electrons. The number of rotatable bonds is 10. The SMILES string of the molecule is CCOP(=O)(CC(=O)N(CCC#N)CCC#N)OCC. The smallest absolute Gasteiger partial charge is 0.340 e. The Kier molecular flexibility index (Phi) is 9.67. The van der Waals surface area contributed by atoms with Gasteiger partial charge in [-0.25, -0.2) is 0 Å². The molecule has 0 saturated carbocycles. The third kappa shape index (κ3) is 7.25. The first-order valence-corrected chi connectivity index (χ1v) is 8.15. The molecule has 0 spiro atoms. The van der Waals surface area contributed by atoms with E-state index in [1.807, 2.05) is 12.1 Å². The first kappa shape index (κ1) is 18.6. The van der Waals surface area contributed by atoms with E-state index in [-0.39, 0.29) is 45.3 Å². The van der Waals surface area contributed by atoms with Crippen LogP contribution in [0.5, 0.6) is 0 Å². The summed E-state index contributed by atoms with van der Waals surface area (Å²) in [4.78, 5) is 13.4. The summed E-state index contributed by atoms with van der Waals surface area (Å²) in [6, 6.07) is 3.87. The quantitative estimate of drug-likeness (QED) is 0.571. The summed E-state index contributed by atoms with van der Waals surface area (Å²) >= 11 is 0. The molecule has 0 aliphatic heterocycles. The van der Waals surface area contributed by atoms with Crippen molar-refractivity contribution in [2.24, 2.45) is 0 Å². The van der Waals surface area contributed by atoms with Crippen LogP contribution in [0.4, 0.5) is 0 Å². The molecule has 0 bridgehead atoms. The third-order valence-corrected chi connectivity index (χ3v) is 4.28. The Morgan fingerprint density at radius 3 is 1.90 bits per heavy atom. The minimum Gasteiger partial charge on any atom is -0.340 e. The molecule has 0 N–H and O–H groups in total. The normalized spacial score (nSPS) is 10.6. The molecular formula is C12H20N3O4P. The van der Waals surface area contributed by atoms with Crippen molar-refractivity contribution in [3.05, 3.63) is 0 Å². The molecule has 0 aromatic carbocycles. The molecule has 0 unspecified atom stereocenters. The standard InChI is InChI=1S/C12H20N3O4P/c1-3-18-20(17,19-4-2)11-12(16)15(9-5-7-13)10-6-8-14/h3-6,9-11H2,1-2H3. The van der Waals surface area contributed by atoms with Crippen molar-refractivity contribution in [2.75, 3.05) is 32.5 Å². The van der Waals surface area contributed by atoms with Gasteiger partial charge in [0.1, 0.15) is 6.16 Å². The molecule has 0 heterocycles. The number of nitriles is 2. The summed E-state index contributed by atoms with van der Waals surface area (Å²) in [5.41, 5.74) is 0. The van der Waals surface area contributed by atoms with Crippen LogP contribution in [-0.4, -0.2) is 43.3 Å². The molecule has 20 heavy (non-hydrogen) atoms. The van der Waals surface area contributed by atoms with E-state index in [9.17, 15) is 9.36 Å². The van der Waals surface area contributed by atoms with Crippen molar-refractivity contribution in [3.63, 3.8) is 0 Å². The number of carbonyl (C=O) groups is 1. The third-order valence-electron chi connectivity index (χ3n) is 2.32. The molecular weight excluding hydrogens is 281 g/mol. The van der Waals surface area contributed by atoms with Gasteiger partial charge in [-0.15, -0.1) is 0 Å². The molecule has 0 saturated heterocycles. The second-order valence-electron chi connectivity index (χ2n) is 3.80. The molecule has 0 aromatic rings. The van der Waals surface area contributed by atoms with Crippen LogP contribution in [0.3, 0.4) is 0 Å². The Morgan fingerprint density at radius 1 is 1.10 bits per heavy atom. The van der Waals surface area contributed by atoms with Crippen LogP contribution in [0.25, 0.3) is 0 Å². The van der Waals surface area contributed by atoms with Crippen LogP contribution >= 0.6 is 7.60 Å². The van der Waals surface area contributed by atoms with E-state index in [0.717, 1.165) is 0 Å². The minimum absolute atomic E-state index is 0.157. The maximum atomic E-state index is 12.3. The maximum absolute atomic E-state index is 12.3. The summed E-state index contributed by atoms with van der Waals surface area (Å²) < 4.78 is 22.4. The van der Waals surface area contributed by atoms with Gasteiger partial charge in [0.2, 0.25) is 5.91 Å². The Bertz CT molecular complexity index is 399. The van der Waals surface area contributed by atoms with Crippen LogP contribution in [0, 0.1) is 22.7 Å². The predicted octanol–water partition coefficient (Wildman–Crippen LogP) is 1.91. The Labute approximate surface area is 119 Å². The van der Waals surface area contributed by atoms with Gasteiger partial charge in [-0.2, -0.15) is 10.5 Å². The molecule has 0 aliphatic rings. The van der Waals surface area contributed by atoms with Crippen molar-refractivity contribution in [3.8, 4) is 12.1 Å². The molecule has 8 heteroatoms. The highest BCUT2D eigenvalue weighted by Gasteiger charge is 2.30. The van der Waals surface area contributed by atoms with Crippen LogP contribution < -0.4 is 0 Å². The molecule has 0 rings (SSSR count). The van der Waals surface area contributed by atoms with Gasteiger partial charge >= 0.3 is 7.60 Å². The highest BCUT2D eigenvalue weighted by atomic mass is 31.2. The first-order chi connectivity index (χ1) is 9.52. The van der Waals surface area contributed by atoms with Gasteiger partial charge < -0.3 is 13.9 Å². The van der Waals surface area contributed by atoms with Crippen LogP contribution in [0.1, 0.15) is 26.7 Å². The Balaban J connectivity index is 4.74. The number of hydrogen-bond acceptors (Lipinski definition) is 6. The highest BCUT2D eigenvalue weighted by molar-refractivity contribution is 7.54. The molecule has 0 atom stereocenters. The highest BCUT2D eigenvalue weighted by Crippen LogP contribution is 2.47. The number of amides is 1. The van der Waals surface area contributed by atoms with Gasteiger partial charge in [0.15, 0.2) is 0 Å². The van der Waals surface area contributed by atoms with E-state index in [2.05, 4.69) is 0 Å². The van der Waals surface area contributed by atoms with Crippen molar-refractivity contribution >= 4 is 13.5 Å². The minimum atomic E-state index is -3.45. The molecule has 7 nitrogen and oxygen atoms in total. The number of nitrogens with zero attached hydrogens (tertiary/aromatic N) is 3. The molecule has 0 aromatic heterocycles. The fourth-order valence-electron chi connectivity index (χ4n) is 1.52. The van der Waals surface area contributed by atoms with E-state index in [1.165, 1.54) is 4.90 Å². The first-order valence-electron chi connectivity index (χ1n) is 6.42. The second-order valence-corrected chi connectivity index (χ2v) is 5.86. The van der Waals surface area contributed by atoms with Gasteiger partial charge in [0.25, 0.3) is 0 Å². The number of hydrogen-bond donors (Lipinski definition) is 0. The lowest BCUT2D eigenvalue weighted by molar-refractivity contribution is -0.128. The Hall–Kier alpha value is -1.40. The maximum Gasteiger partial charge on any atom is 0.340 e. The fourth-order valence-corrected chi connectivity index (χ4v) is 3.09. The topological polar surface area (TPSA) is 103 Å². The second kappa shape index (κ2) is 10.4. The van der Waals surface area contributed by atoms with Gasteiger partial charge in [0, 0.05) is 13.1 Å². The van der Waals surface area contributed by atoms with Crippen molar-refractivity contribution in [2.45, 2.75) is 26.7 Å². The fraction of sp³-hybridized carbons (Fsp3) is 0.750. The zero-order valence-corrected chi connectivity index (χ0v) is 12.8. The lowest BCUT2D eigenvalue weighted by Gasteiger charge is -2.23. The molecule has 1 amide bonds. The van der Waals surface area contributed by atoms with E-state index < -0.39 is 13.5 Å². The monoisotopic (exact) mass is 301 g/mol. The van der Waals surface area contributed by atoms with Crippen molar-refractivity contribution < 1.29 is 18.4 Å². The Morgan fingerprint density at radius 2 is 1.55 bits per heavy atom. The molecule has 112 valence electrons. The zero-order valence-electron chi connectivity index (χ0n) is 11.9. The van der Waals surface area contributed by atoms with E-state index in [1.54, 1.807) is 13.8 Å². The van der Waals surface area contributed by atoms with E-state index in [4.69, 9.17) is 19.6 Å².